The molecule has 2 N–H and O–H groups in total. The summed E-state index contributed by atoms with van der Waals surface area (Å²) in [5.74, 6) is -0.122. The van der Waals surface area contributed by atoms with Crippen molar-refractivity contribution in [2.45, 2.75) is 44.1 Å². The Balaban J connectivity index is 1.47. The van der Waals surface area contributed by atoms with Crippen LogP contribution in [0.25, 0.3) is 0 Å². The van der Waals surface area contributed by atoms with E-state index in [-0.39, 0.29) is 17.3 Å². The van der Waals surface area contributed by atoms with Crippen LogP contribution in [0.3, 0.4) is 0 Å². The summed E-state index contributed by atoms with van der Waals surface area (Å²) >= 11 is 0. The van der Waals surface area contributed by atoms with Gasteiger partial charge in [-0.25, -0.2) is 4.39 Å². The molecule has 1 aliphatic carbocycles. The quantitative estimate of drug-likeness (QED) is 0.867. The zero-order chi connectivity index (χ0) is 16.8. The van der Waals surface area contributed by atoms with E-state index in [0.29, 0.717) is 13.1 Å². The van der Waals surface area contributed by atoms with Crippen molar-refractivity contribution in [3.05, 3.63) is 35.6 Å². The van der Waals surface area contributed by atoms with E-state index in [1.54, 1.807) is 12.1 Å². The molecule has 0 radical (unpaired) electrons. The van der Waals surface area contributed by atoms with E-state index in [1.807, 2.05) is 0 Å². The van der Waals surface area contributed by atoms with Crippen LogP contribution in [0.1, 0.15) is 37.7 Å². The average Bonchev–Trinajstić information content (AvgIpc) is 2.60. The lowest BCUT2D eigenvalue weighted by Crippen LogP contribution is -2.63. The Kier molecular flexibility index (Phi) is 5.85. The summed E-state index contributed by atoms with van der Waals surface area (Å²) in [4.78, 5) is 14.7. The van der Waals surface area contributed by atoms with E-state index >= 15 is 0 Å². The van der Waals surface area contributed by atoms with E-state index in [4.69, 9.17) is 0 Å². The summed E-state index contributed by atoms with van der Waals surface area (Å²) in [5, 5.41) is 6.53. The molecule has 5 heteroatoms. The summed E-state index contributed by atoms with van der Waals surface area (Å²) in [6.45, 7) is 4.01. The monoisotopic (exact) mass is 333 g/mol. The minimum absolute atomic E-state index is 0.101. The van der Waals surface area contributed by atoms with Crippen molar-refractivity contribution >= 4 is 5.91 Å². The van der Waals surface area contributed by atoms with Gasteiger partial charge in [0.2, 0.25) is 5.91 Å². The lowest BCUT2D eigenvalue weighted by Gasteiger charge is -2.49. The minimum Gasteiger partial charge on any atom is -0.355 e. The number of benzene rings is 1. The SMILES string of the molecule is O=C(CN1CCNCC12CCCCC2)NCCc1ccc(F)cc1. The van der Waals surface area contributed by atoms with E-state index in [9.17, 15) is 9.18 Å². The highest BCUT2D eigenvalue weighted by atomic mass is 19.1. The number of carbonyl (C=O) groups is 1. The number of halogens is 1. The number of rotatable bonds is 5. The van der Waals surface area contributed by atoms with Crippen LogP contribution in [0.5, 0.6) is 0 Å². The van der Waals surface area contributed by atoms with Gasteiger partial charge in [-0.2, -0.15) is 0 Å². The predicted molar refractivity (Wildman–Crippen MR) is 93.4 cm³/mol. The van der Waals surface area contributed by atoms with Crippen molar-refractivity contribution in [1.82, 2.24) is 15.5 Å². The second kappa shape index (κ2) is 8.08. The summed E-state index contributed by atoms with van der Waals surface area (Å²) < 4.78 is 12.9. The van der Waals surface area contributed by atoms with Gasteiger partial charge in [0.15, 0.2) is 0 Å². The van der Waals surface area contributed by atoms with Crippen LogP contribution in [-0.4, -0.2) is 49.1 Å². The number of piperazine rings is 1. The van der Waals surface area contributed by atoms with E-state index in [1.165, 1.54) is 44.2 Å². The van der Waals surface area contributed by atoms with Crippen LogP contribution < -0.4 is 10.6 Å². The molecule has 1 aromatic rings. The molecule has 2 fully saturated rings. The van der Waals surface area contributed by atoms with Crippen molar-refractivity contribution < 1.29 is 9.18 Å². The fourth-order valence-electron chi connectivity index (χ4n) is 4.06. The van der Waals surface area contributed by atoms with Gasteiger partial charge in [0.05, 0.1) is 6.54 Å². The Labute approximate surface area is 143 Å². The van der Waals surface area contributed by atoms with E-state index in [2.05, 4.69) is 15.5 Å². The third-order valence-electron chi connectivity index (χ3n) is 5.45. The van der Waals surface area contributed by atoms with Gasteiger partial charge in [-0.3, -0.25) is 9.69 Å². The maximum absolute atomic E-state index is 12.9. The highest BCUT2D eigenvalue weighted by Gasteiger charge is 2.40. The summed E-state index contributed by atoms with van der Waals surface area (Å²) in [5.41, 5.74) is 1.23. The predicted octanol–water partition coefficient (Wildman–Crippen LogP) is 2.09. The van der Waals surface area contributed by atoms with Gasteiger partial charge in [0.1, 0.15) is 5.82 Å². The van der Waals surface area contributed by atoms with Crippen molar-refractivity contribution in [3.63, 3.8) is 0 Å². The average molecular weight is 333 g/mol. The second-order valence-corrected chi connectivity index (χ2v) is 7.11. The normalized spacial score (nSPS) is 20.9. The van der Waals surface area contributed by atoms with Crippen LogP contribution in [-0.2, 0) is 11.2 Å². The largest absolute Gasteiger partial charge is 0.355 e. The van der Waals surface area contributed by atoms with Crippen LogP contribution >= 0.6 is 0 Å². The van der Waals surface area contributed by atoms with Crippen molar-refractivity contribution in [2.24, 2.45) is 0 Å². The molecule has 24 heavy (non-hydrogen) atoms. The lowest BCUT2D eigenvalue weighted by molar-refractivity contribution is -0.125. The number of nitrogens with zero attached hydrogens (tertiary/aromatic N) is 1. The number of carbonyl (C=O) groups excluding carboxylic acids is 1. The van der Waals surface area contributed by atoms with Gasteiger partial charge in [-0.15, -0.1) is 0 Å². The summed E-state index contributed by atoms with van der Waals surface area (Å²) in [6.07, 6.45) is 6.98. The van der Waals surface area contributed by atoms with Gasteiger partial charge < -0.3 is 10.6 Å². The molecule has 1 amide bonds. The smallest absolute Gasteiger partial charge is 0.234 e. The molecule has 0 aromatic heterocycles. The Morgan fingerprint density at radius 1 is 1.21 bits per heavy atom. The molecular formula is C19H28FN3O. The maximum atomic E-state index is 12.9. The molecule has 1 saturated heterocycles. The van der Waals surface area contributed by atoms with Gasteiger partial charge in [0, 0.05) is 31.7 Å². The van der Waals surface area contributed by atoms with Gasteiger partial charge >= 0.3 is 0 Å². The molecular weight excluding hydrogens is 305 g/mol. The molecule has 3 rings (SSSR count). The Bertz CT molecular complexity index is 532. The Morgan fingerprint density at radius 2 is 1.96 bits per heavy atom. The van der Waals surface area contributed by atoms with Crippen molar-refractivity contribution in [1.29, 1.82) is 0 Å². The molecule has 1 heterocycles. The van der Waals surface area contributed by atoms with Crippen LogP contribution in [0.2, 0.25) is 0 Å². The third kappa shape index (κ3) is 4.33. The third-order valence-corrected chi connectivity index (χ3v) is 5.45. The topological polar surface area (TPSA) is 44.4 Å². The molecule has 132 valence electrons. The first-order valence-electron chi connectivity index (χ1n) is 9.15. The maximum Gasteiger partial charge on any atom is 0.234 e. The zero-order valence-corrected chi connectivity index (χ0v) is 14.3. The first-order chi connectivity index (χ1) is 11.7. The Hall–Kier alpha value is -1.46. The van der Waals surface area contributed by atoms with Crippen LogP contribution in [0.4, 0.5) is 4.39 Å². The standard InChI is InChI=1S/C19H28FN3O/c20-17-6-4-16(5-7-17)8-11-22-18(24)14-23-13-12-21-15-19(23)9-2-1-3-10-19/h4-7,21H,1-3,8-15H2,(H,22,24). The molecule has 1 saturated carbocycles. The van der Waals surface area contributed by atoms with Gasteiger partial charge in [0.25, 0.3) is 0 Å². The molecule has 4 nitrogen and oxygen atoms in total. The van der Waals surface area contributed by atoms with E-state index < -0.39 is 0 Å². The summed E-state index contributed by atoms with van der Waals surface area (Å²) in [7, 11) is 0. The molecule has 0 atom stereocenters. The highest BCUT2D eigenvalue weighted by molar-refractivity contribution is 5.78. The first kappa shape index (κ1) is 17.4. The molecule has 1 aliphatic heterocycles. The number of nitrogens with one attached hydrogen (secondary N) is 2. The van der Waals surface area contributed by atoms with Crippen LogP contribution in [0, 0.1) is 5.82 Å². The van der Waals surface area contributed by atoms with Crippen molar-refractivity contribution in [2.75, 3.05) is 32.7 Å². The zero-order valence-electron chi connectivity index (χ0n) is 14.3. The lowest BCUT2D eigenvalue weighted by atomic mass is 9.79. The number of hydrogen-bond donors (Lipinski definition) is 2. The minimum atomic E-state index is -0.223. The Morgan fingerprint density at radius 3 is 2.71 bits per heavy atom. The van der Waals surface area contributed by atoms with Gasteiger partial charge in [-0.1, -0.05) is 31.4 Å². The molecule has 0 unspecified atom stereocenters. The first-order valence-corrected chi connectivity index (χ1v) is 9.15. The second-order valence-electron chi connectivity index (χ2n) is 7.11. The molecule has 2 aliphatic rings. The fourth-order valence-corrected chi connectivity index (χ4v) is 4.06. The number of hydrogen-bond acceptors (Lipinski definition) is 3. The van der Waals surface area contributed by atoms with Crippen LogP contribution in [0.15, 0.2) is 24.3 Å². The number of amides is 1. The molecule has 1 spiro atoms. The highest BCUT2D eigenvalue weighted by Crippen LogP contribution is 2.34. The fraction of sp³-hybridized carbons (Fsp3) is 0.632. The van der Waals surface area contributed by atoms with Crippen molar-refractivity contribution in [3.8, 4) is 0 Å². The molecule has 0 bridgehead atoms. The van der Waals surface area contributed by atoms with Gasteiger partial charge in [-0.05, 0) is 37.0 Å². The molecule has 1 aromatic carbocycles. The van der Waals surface area contributed by atoms with E-state index in [0.717, 1.165) is 31.6 Å². The summed E-state index contributed by atoms with van der Waals surface area (Å²) in [6, 6.07) is 6.47.